The van der Waals surface area contributed by atoms with Gasteiger partial charge >= 0.3 is 17.6 Å². The molecule has 0 aromatic carbocycles. The molecule has 0 radical (unpaired) electrons. The van der Waals surface area contributed by atoms with E-state index in [0.717, 1.165) is 12.8 Å². The van der Waals surface area contributed by atoms with Crippen LogP contribution in [0.4, 0.5) is 0 Å². The molecule has 34 heavy (non-hydrogen) atoms. The van der Waals surface area contributed by atoms with Crippen LogP contribution >= 0.6 is 23.2 Å². The van der Waals surface area contributed by atoms with Crippen LogP contribution in [0.1, 0.15) is 64.7 Å². The number of ether oxygens (including phenoxy) is 2. The Kier molecular flexibility index (Phi) is 10.5. The Morgan fingerprint density at radius 2 is 1.53 bits per heavy atom. The van der Waals surface area contributed by atoms with Crippen LogP contribution < -0.4 is 10.9 Å². The van der Waals surface area contributed by atoms with E-state index in [0.29, 0.717) is 30.0 Å². The minimum absolute atomic E-state index is 0.0408. The van der Waals surface area contributed by atoms with Crippen molar-refractivity contribution in [2.75, 3.05) is 13.2 Å². The summed E-state index contributed by atoms with van der Waals surface area (Å²) >= 11 is 12.9. The molecule has 186 valence electrons. The van der Waals surface area contributed by atoms with Gasteiger partial charge < -0.3 is 19.2 Å². The number of hydrogen-bond donors (Lipinski definition) is 1. The van der Waals surface area contributed by atoms with E-state index in [1.54, 1.807) is 20.8 Å². The molecular weight excluding hydrogens is 481 g/mol. The van der Waals surface area contributed by atoms with Gasteiger partial charge in [-0.15, -0.1) is 0 Å². The maximum atomic E-state index is 13.1. The number of carbonyl (C=O) groups excluding carboxylic acids is 2. The fraction of sp³-hybridized carbons (Fsp3) is 0.480. The second-order valence-electron chi connectivity index (χ2n) is 7.71. The minimum atomic E-state index is -0.910. The van der Waals surface area contributed by atoms with Crippen LogP contribution in [0.25, 0.3) is 5.03 Å². The van der Waals surface area contributed by atoms with Crippen LogP contribution in [0.15, 0.2) is 43.9 Å². The minimum Gasteiger partial charge on any atom is -0.463 e. The van der Waals surface area contributed by atoms with E-state index in [4.69, 9.17) is 37.1 Å². The molecule has 0 fully saturated rings. The van der Waals surface area contributed by atoms with Gasteiger partial charge in [0.25, 0.3) is 0 Å². The molecule has 2 heterocycles. The number of rotatable bonds is 10. The molecule has 2 rings (SSSR count). The summed E-state index contributed by atoms with van der Waals surface area (Å²) in [5.74, 6) is -1.74. The zero-order valence-corrected chi connectivity index (χ0v) is 21.7. The highest BCUT2D eigenvalue weighted by Gasteiger charge is 2.38. The number of dihydropyridines is 1. The molecule has 1 aromatic heterocycles. The molecule has 0 saturated heterocycles. The average Bonchev–Trinajstić information content (AvgIpc) is 2.73. The number of hydrogen-bond acceptors (Lipinski definition) is 7. The Morgan fingerprint density at radius 1 is 1.03 bits per heavy atom. The van der Waals surface area contributed by atoms with Gasteiger partial charge in [-0.25, -0.2) is 14.4 Å². The van der Waals surface area contributed by atoms with Gasteiger partial charge in [0.2, 0.25) is 0 Å². The molecular formula is C25H31Cl2NO6. The number of halogens is 2. The predicted octanol–water partition coefficient (Wildman–Crippen LogP) is 5.64. The summed E-state index contributed by atoms with van der Waals surface area (Å²) in [7, 11) is 0. The molecule has 7 nitrogen and oxygen atoms in total. The van der Waals surface area contributed by atoms with Crippen molar-refractivity contribution in [3.05, 3.63) is 61.4 Å². The molecule has 1 aliphatic heterocycles. The highest BCUT2D eigenvalue weighted by atomic mass is 35.5. The van der Waals surface area contributed by atoms with Gasteiger partial charge in [0.1, 0.15) is 5.76 Å². The fourth-order valence-electron chi connectivity index (χ4n) is 3.83. The van der Waals surface area contributed by atoms with Crippen molar-refractivity contribution in [3.63, 3.8) is 0 Å². The highest BCUT2D eigenvalue weighted by Crippen LogP contribution is 2.38. The lowest BCUT2D eigenvalue weighted by molar-refractivity contribution is -0.139. The van der Waals surface area contributed by atoms with Crippen molar-refractivity contribution >= 4 is 40.2 Å². The van der Waals surface area contributed by atoms with Crippen LogP contribution in [0, 0.1) is 12.8 Å². The zero-order valence-electron chi connectivity index (χ0n) is 20.2. The lowest BCUT2D eigenvalue weighted by atomic mass is 9.82. The van der Waals surface area contributed by atoms with Gasteiger partial charge in [0.15, 0.2) is 0 Å². The van der Waals surface area contributed by atoms with Crippen LogP contribution in [-0.2, 0) is 19.1 Å². The molecule has 0 unspecified atom stereocenters. The second-order valence-corrected chi connectivity index (χ2v) is 8.52. The van der Waals surface area contributed by atoms with Gasteiger partial charge in [-0.05, 0) is 39.7 Å². The standard InChI is InChI=1S/C25H31Cl2NO6/c1-6-10-18-20(23(29)32-8-3)15(21(24(30)33-9-4)19(28-18)11-7-2)13-17(27)22-16(26)12-14(5)34-25(22)31/h12-13,15,28H,6-11H2,1-5H3/b17-13-. The number of nitrogens with one attached hydrogen (secondary N) is 1. The van der Waals surface area contributed by atoms with Gasteiger partial charge in [0.05, 0.1) is 40.0 Å². The smallest absolute Gasteiger partial charge is 0.346 e. The third kappa shape index (κ3) is 6.33. The van der Waals surface area contributed by atoms with Crippen molar-refractivity contribution in [3.8, 4) is 0 Å². The summed E-state index contributed by atoms with van der Waals surface area (Å²) in [5, 5.41) is 3.35. The molecule has 1 aliphatic rings. The van der Waals surface area contributed by atoms with Crippen LogP contribution in [0.2, 0.25) is 5.02 Å². The van der Waals surface area contributed by atoms with Crippen molar-refractivity contribution < 1.29 is 23.5 Å². The Bertz CT molecular complexity index is 1040. The first-order valence-electron chi connectivity index (χ1n) is 11.4. The van der Waals surface area contributed by atoms with E-state index in [9.17, 15) is 14.4 Å². The average molecular weight is 512 g/mol. The van der Waals surface area contributed by atoms with E-state index in [-0.39, 0.29) is 40.0 Å². The van der Waals surface area contributed by atoms with Gasteiger partial charge in [-0.2, -0.15) is 0 Å². The SMILES string of the molecule is CCCC1=C(C(=O)OCC)C(/C=C(\Cl)c2c(Cl)cc(C)oc2=O)C(C(=O)OCC)=C(CCC)N1. The summed E-state index contributed by atoms with van der Waals surface area (Å²) in [5.41, 5.74) is 1.02. The number of allylic oxidation sites excluding steroid dienone is 3. The summed E-state index contributed by atoms with van der Waals surface area (Å²) in [6, 6.07) is 1.48. The van der Waals surface area contributed by atoms with Crippen molar-refractivity contribution in [1.29, 1.82) is 0 Å². The normalized spacial score (nSPS) is 14.9. The fourth-order valence-corrected chi connectivity index (χ4v) is 4.52. The Hall–Kier alpha value is -2.51. The first kappa shape index (κ1) is 27.7. The number of carbonyl (C=O) groups is 2. The van der Waals surface area contributed by atoms with Crippen molar-refractivity contribution in [2.45, 2.75) is 60.3 Å². The maximum absolute atomic E-state index is 13.1. The zero-order chi connectivity index (χ0) is 25.4. The summed E-state index contributed by atoms with van der Waals surface area (Å²) < 4.78 is 15.8. The summed E-state index contributed by atoms with van der Waals surface area (Å²) in [6.07, 6.45) is 4.06. The van der Waals surface area contributed by atoms with E-state index in [1.165, 1.54) is 12.1 Å². The topological polar surface area (TPSA) is 94.8 Å². The van der Waals surface area contributed by atoms with Crippen LogP contribution in [0.5, 0.6) is 0 Å². The monoisotopic (exact) mass is 511 g/mol. The van der Waals surface area contributed by atoms with E-state index < -0.39 is 23.5 Å². The molecule has 1 N–H and O–H groups in total. The van der Waals surface area contributed by atoms with Crippen molar-refractivity contribution in [1.82, 2.24) is 5.32 Å². The van der Waals surface area contributed by atoms with E-state index in [1.807, 2.05) is 13.8 Å². The second kappa shape index (κ2) is 12.8. The molecule has 0 bridgehead atoms. The van der Waals surface area contributed by atoms with Crippen LogP contribution in [-0.4, -0.2) is 25.2 Å². The molecule has 0 aliphatic carbocycles. The Balaban J connectivity index is 2.83. The van der Waals surface area contributed by atoms with Crippen LogP contribution in [0.3, 0.4) is 0 Å². The van der Waals surface area contributed by atoms with Gasteiger partial charge in [-0.1, -0.05) is 56.0 Å². The molecule has 1 aromatic rings. The molecule has 0 amide bonds. The first-order valence-corrected chi connectivity index (χ1v) is 12.2. The molecule has 0 atom stereocenters. The third-order valence-corrected chi connectivity index (χ3v) is 5.76. The van der Waals surface area contributed by atoms with Crippen molar-refractivity contribution in [2.24, 2.45) is 5.92 Å². The molecule has 9 heteroatoms. The largest absolute Gasteiger partial charge is 0.463 e. The predicted molar refractivity (Wildman–Crippen MR) is 132 cm³/mol. The Labute approximate surface area is 209 Å². The number of esters is 2. The maximum Gasteiger partial charge on any atom is 0.346 e. The molecule has 0 spiro atoms. The van der Waals surface area contributed by atoms with E-state index in [2.05, 4.69) is 5.32 Å². The molecule has 0 saturated carbocycles. The number of aryl methyl sites for hydroxylation is 1. The Morgan fingerprint density at radius 3 is 1.94 bits per heavy atom. The van der Waals surface area contributed by atoms with Gasteiger partial charge in [0, 0.05) is 17.3 Å². The summed E-state index contributed by atoms with van der Waals surface area (Å²) in [4.78, 5) is 38.7. The van der Waals surface area contributed by atoms with Gasteiger partial charge in [-0.3, -0.25) is 0 Å². The van der Waals surface area contributed by atoms with E-state index >= 15 is 0 Å². The third-order valence-electron chi connectivity index (χ3n) is 5.14. The first-order chi connectivity index (χ1) is 16.2. The lowest BCUT2D eigenvalue weighted by Crippen LogP contribution is -2.34. The quantitative estimate of drug-likeness (QED) is 0.406. The lowest BCUT2D eigenvalue weighted by Gasteiger charge is -2.31. The summed E-state index contributed by atoms with van der Waals surface area (Å²) in [6.45, 7) is 9.27. The highest BCUT2D eigenvalue weighted by molar-refractivity contribution is 6.50.